The molecular weight excluding hydrogens is 368 g/mol. The van der Waals surface area contributed by atoms with Crippen LogP contribution in [-0.4, -0.2) is 41.1 Å². The Hall–Kier alpha value is -2.94. The molecule has 8 nitrogen and oxygen atoms in total. The van der Waals surface area contributed by atoms with E-state index in [0.29, 0.717) is 17.8 Å². The van der Waals surface area contributed by atoms with Gasteiger partial charge in [-0.15, -0.1) is 5.10 Å². The summed E-state index contributed by atoms with van der Waals surface area (Å²) in [5.74, 6) is -0.707. The van der Waals surface area contributed by atoms with Gasteiger partial charge in [-0.05, 0) is 38.0 Å². The Morgan fingerprint density at radius 2 is 1.89 bits per heavy atom. The third kappa shape index (κ3) is 3.25. The van der Waals surface area contributed by atoms with Crippen molar-refractivity contribution in [3.05, 3.63) is 47.3 Å². The van der Waals surface area contributed by atoms with Gasteiger partial charge in [-0.2, -0.15) is 0 Å². The van der Waals surface area contributed by atoms with Crippen LogP contribution in [0.25, 0.3) is 5.65 Å². The highest BCUT2D eigenvalue weighted by molar-refractivity contribution is 7.91. The second-order valence-corrected chi connectivity index (χ2v) is 8.02. The Morgan fingerprint density at radius 1 is 1.22 bits per heavy atom. The molecule has 0 spiro atoms. The van der Waals surface area contributed by atoms with E-state index in [1.54, 1.807) is 39.1 Å². The van der Waals surface area contributed by atoms with Gasteiger partial charge >= 0.3 is 5.97 Å². The zero-order chi connectivity index (χ0) is 19.8. The number of sulfone groups is 1. The van der Waals surface area contributed by atoms with Crippen LogP contribution in [0.1, 0.15) is 23.4 Å². The van der Waals surface area contributed by atoms with Crippen LogP contribution in [0.3, 0.4) is 0 Å². The number of hydrogen-bond acceptors (Lipinski definition) is 6. The van der Waals surface area contributed by atoms with Gasteiger partial charge in [-0.25, -0.2) is 17.9 Å². The summed E-state index contributed by atoms with van der Waals surface area (Å²) in [6.07, 6.45) is 0.260. The van der Waals surface area contributed by atoms with Gasteiger partial charge in [0.25, 0.3) is 0 Å². The number of carboxylic acid groups (broad SMARTS) is 1. The van der Waals surface area contributed by atoms with Gasteiger partial charge in [0.05, 0.1) is 4.90 Å². The zero-order valence-electron chi connectivity index (χ0n) is 15.2. The number of rotatable bonds is 6. The number of aliphatic carboxylic acids is 1. The van der Waals surface area contributed by atoms with Crippen molar-refractivity contribution in [1.29, 1.82) is 0 Å². The zero-order valence-corrected chi connectivity index (χ0v) is 16.0. The third-order valence-corrected chi connectivity index (χ3v) is 6.24. The molecule has 2 N–H and O–H groups in total. The van der Waals surface area contributed by atoms with Crippen LogP contribution >= 0.6 is 0 Å². The maximum absolute atomic E-state index is 13.2. The first kappa shape index (κ1) is 18.8. The van der Waals surface area contributed by atoms with Crippen LogP contribution in [0, 0.1) is 13.8 Å². The molecule has 0 unspecified atom stereocenters. The minimum absolute atomic E-state index is 0.00665. The second-order valence-electron chi connectivity index (χ2n) is 6.13. The Bertz CT molecular complexity index is 1120. The lowest BCUT2D eigenvalue weighted by atomic mass is 10.1. The summed E-state index contributed by atoms with van der Waals surface area (Å²) in [6.45, 7) is 3.53. The topological polar surface area (TPSA) is 114 Å². The van der Waals surface area contributed by atoms with Crippen molar-refractivity contribution in [2.24, 2.45) is 0 Å². The molecule has 0 aliphatic carbocycles. The number of nitrogens with one attached hydrogen (secondary N) is 1. The van der Waals surface area contributed by atoms with E-state index in [4.69, 9.17) is 5.11 Å². The van der Waals surface area contributed by atoms with E-state index < -0.39 is 15.8 Å². The summed E-state index contributed by atoms with van der Waals surface area (Å²) in [4.78, 5) is 15.5. The summed E-state index contributed by atoms with van der Waals surface area (Å²) >= 11 is 0. The summed E-state index contributed by atoms with van der Waals surface area (Å²) in [6, 6.07) is 8.12. The largest absolute Gasteiger partial charge is 0.481 e. The molecule has 0 fully saturated rings. The average molecular weight is 388 g/mol. The molecule has 142 valence electrons. The van der Waals surface area contributed by atoms with Gasteiger partial charge in [0.2, 0.25) is 9.84 Å². The SMILES string of the molecule is CNc1nn2c(C)c(CCC(=O)O)c(C)nc2c1S(=O)(=O)c1ccccc1. The summed E-state index contributed by atoms with van der Waals surface area (Å²) < 4.78 is 27.9. The quantitative estimate of drug-likeness (QED) is 0.665. The van der Waals surface area contributed by atoms with E-state index in [1.807, 2.05) is 0 Å². The molecule has 0 aliphatic heterocycles. The van der Waals surface area contributed by atoms with Crippen molar-refractivity contribution in [2.75, 3.05) is 12.4 Å². The number of hydrogen-bond donors (Lipinski definition) is 2. The Balaban J connectivity index is 2.27. The van der Waals surface area contributed by atoms with Crippen LogP contribution in [0.5, 0.6) is 0 Å². The van der Waals surface area contributed by atoms with Crippen LogP contribution in [-0.2, 0) is 21.1 Å². The molecular formula is C18H20N4O4S. The van der Waals surface area contributed by atoms with Crippen LogP contribution in [0.2, 0.25) is 0 Å². The number of benzene rings is 1. The number of aromatic nitrogens is 3. The van der Waals surface area contributed by atoms with Gasteiger partial charge in [-0.3, -0.25) is 4.79 Å². The molecule has 0 saturated heterocycles. The standard InChI is InChI=1S/C18H20N4O4S/c1-11-14(9-10-15(23)24)12(2)22-18(20-11)16(17(19-3)21-22)27(25,26)13-7-5-4-6-8-13/h4-8H,9-10H2,1-3H3,(H,19,21)(H,23,24). The minimum atomic E-state index is -3.84. The molecule has 0 radical (unpaired) electrons. The Labute approximate surface area is 156 Å². The van der Waals surface area contributed by atoms with Crippen LogP contribution in [0.15, 0.2) is 40.1 Å². The van der Waals surface area contributed by atoms with Crippen LogP contribution < -0.4 is 5.32 Å². The molecule has 0 amide bonds. The van der Waals surface area contributed by atoms with E-state index in [9.17, 15) is 13.2 Å². The number of anilines is 1. The summed E-state index contributed by atoms with van der Waals surface area (Å²) in [7, 11) is -2.24. The van der Waals surface area contributed by atoms with Crippen molar-refractivity contribution in [3.63, 3.8) is 0 Å². The highest BCUT2D eigenvalue weighted by Crippen LogP contribution is 2.32. The van der Waals surface area contributed by atoms with Crippen molar-refractivity contribution in [1.82, 2.24) is 14.6 Å². The molecule has 0 bridgehead atoms. The monoisotopic (exact) mass is 388 g/mol. The van der Waals surface area contributed by atoms with Gasteiger partial charge in [-0.1, -0.05) is 18.2 Å². The van der Waals surface area contributed by atoms with Gasteiger partial charge in [0, 0.05) is 24.9 Å². The predicted molar refractivity (Wildman–Crippen MR) is 99.9 cm³/mol. The molecule has 2 heterocycles. The molecule has 1 aromatic carbocycles. The predicted octanol–water partition coefficient (Wildman–Crippen LogP) is 2.24. The van der Waals surface area contributed by atoms with Gasteiger partial charge < -0.3 is 10.4 Å². The second kappa shape index (κ2) is 6.99. The first-order valence-corrected chi connectivity index (χ1v) is 9.84. The Morgan fingerprint density at radius 3 is 2.48 bits per heavy atom. The maximum atomic E-state index is 13.2. The van der Waals surface area contributed by atoms with Crippen molar-refractivity contribution < 1.29 is 18.3 Å². The highest BCUT2D eigenvalue weighted by atomic mass is 32.2. The molecule has 27 heavy (non-hydrogen) atoms. The number of nitrogens with zero attached hydrogens (tertiary/aromatic N) is 3. The number of carbonyl (C=O) groups is 1. The van der Waals surface area contributed by atoms with Gasteiger partial charge in [0.15, 0.2) is 16.4 Å². The number of fused-ring (bicyclic) bond motifs is 1. The fourth-order valence-electron chi connectivity index (χ4n) is 3.07. The van der Waals surface area contributed by atoms with E-state index in [0.717, 1.165) is 5.56 Å². The lowest BCUT2D eigenvalue weighted by Crippen LogP contribution is -2.09. The molecule has 3 rings (SSSR count). The maximum Gasteiger partial charge on any atom is 0.303 e. The third-order valence-electron chi connectivity index (χ3n) is 4.43. The van der Waals surface area contributed by atoms with Gasteiger partial charge in [0.1, 0.15) is 0 Å². The fraction of sp³-hybridized carbons (Fsp3) is 0.278. The normalized spacial score (nSPS) is 11.7. The van der Waals surface area contributed by atoms with Crippen molar-refractivity contribution in [2.45, 2.75) is 36.5 Å². The number of carboxylic acids is 1. The van der Waals surface area contributed by atoms with E-state index in [-0.39, 0.29) is 27.7 Å². The minimum Gasteiger partial charge on any atom is -0.481 e. The van der Waals surface area contributed by atoms with E-state index >= 15 is 0 Å². The summed E-state index contributed by atoms with van der Waals surface area (Å²) in [5, 5.41) is 16.2. The van der Waals surface area contributed by atoms with E-state index in [2.05, 4.69) is 15.4 Å². The molecule has 3 aromatic rings. The first-order chi connectivity index (χ1) is 12.8. The molecule has 0 aliphatic rings. The number of aryl methyl sites for hydroxylation is 2. The average Bonchev–Trinajstić information content (AvgIpc) is 3.01. The lowest BCUT2D eigenvalue weighted by molar-refractivity contribution is -0.136. The van der Waals surface area contributed by atoms with Crippen molar-refractivity contribution in [3.8, 4) is 0 Å². The molecule has 2 aromatic heterocycles. The molecule has 0 saturated carbocycles. The molecule has 0 atom stereocenters. The molecule has 9 heteroatoms. The highest BCUT2D eigenvalue weighted by Gasteiger charge is 2.29. The van der Waals surface area contributed by atoms with Crippen molar-refractivity contribution >= 4 is 27.3 Å². The smallest absolute Gasteiger partial charge is 0.303 e. The fourth-order valence-corrected chi connectivity index (χ4v) is 4.59. The van der Waals surface area contributed by atoms with Crippen LogP contribution in [0.4, 0.5) is 5.82 Å². The Kier molecular flexibility index (Phi) is 4.88. The lowest BCUT2D eigenvalue weighted by Gasteiger charge is -2.10. The van der Waals surface area contributed by atoms with E-state index in [1.165, 1.54) is 16.6 Å². The summed E-state index contributed by atoms with van der Waals surface area (Å²) in [5.41, 5.74) is 2.23. The first-order valence-electron chi connectivity index (χ1n) is 8.36.